The third-order valence-corrected chi connectivity index (χ3v) is 19.7. The lowest BCUT2D eigenvalue weighted by Crippen LogP contribution is -2.35. The van der Waals surface area contributed by atoms with Gasteiger partial charge in [0.1, 0.15) is 22.3 Å². The van der Waals surface area contributed by atoms with Crippen molar-refractivity contribution in [1.29, 1.82) is 0 Å². The van der Waals surface area contributed by atoms with Crippen molar-refractivity contribution in [2.75, 3.05) is 24.6 Å². The summed E-state index contributed by atoms with van der Waals surface area (Å²) in [4.78, 5) is 20.3. The maximum absolute atomic E-state index is 5.08. The fraction of sp³-hybridized carbons (Fsp3) is 0.500. The molecule has 68 heavy (non-hydrogen) atoms. The van der Waals surface area contributed by atoms with E-state index in [9.17, 15) is 0 Å². The fourth-order valence-corrected chi connectivity index (χ4v) is 18.3. The molecule has 0 amide bonds. The SMILES string of the molecule is CC(C)N=C(NC(C)C)P(CCP(C(=NC(C)C)NC(C)C)c1ccccc1)c1ccccc1.CC(C)N=C(NC(C)C)P(CCP(C(=NC(C)C)NC(C)C)c1ccccc1)c1ccccc1. The van der Waals surface area contributed by atoms with Crippen LogP contribution in [0, 0.1) is 0 Å². The van der Waals surface area contributed by atoms with Gasteiger partial charge in [0.2, 0.25) is 0 Å². The van der Waals surface area contributed by atoms with Gasteiger partial charge < -0.3 is 21.3 Å². The number of aliphatic imine (C=N–C) groups is 4. The summed E-state index contributed by atoms with van der Waals surface area (Å²) >= 11 is 0. The topological polar surface area (TPSA) is 97.6 Å². The highest BCUT2D eigenvalue weighted by atomic mass is 31.1. The van der Waals surface area contributed by atoms with Gasteiger partial charge in [-0.05, 0) is 188 Å². The molecule has 0 heterocycles. The van der Waals surface area contributed by atoms with Gasteiger partial charge in [0.05, 0.1) is 0 Å². The molecule has 372 valence electrons. The molecule has 4 aromatic rings. The quantitative estimate of drug-likeness (QED) is 0.0358. The molecule has 4 rings (SSSR count). The first-order valence-electron chi connectivity index (χ1n) is 25.0. The molecule has 4 unspecified atom stereocenters. The summed E-state index contributed by atoms with van der Waals surface area (Å²) in [7, 11) is -2.40. The number of nitrogens with zero attached hydrogens (tertiary/aromatic N) is 4. The molecule has 0 saturated heterocycles. The molecule has 0 aliphatic carbocycles. The molecule has 12 heteroatoms. The highest BCUT2D eigenvalue weighted by molar-refractivity contribution is 7.85. The highest BCUT2D eigenvalue weighted by Gasteiger charge is 2.27. The van der Waals surface area contributed by atoms with Gasteiger partial charge in [-0.15, -0.1) is 0 Å². The average Bonchev–Trinajstić information content (AvgIpc) is 3.26. The molecule has 8 nitrogen and oxygen atoms in total. The monoisotopic (exact) mass is 997 g/mol. The summed E-state index contributed by atoms with van der Waals surface area (Å²) in [5, 5.41) is 20.4. The molecule has 0 aliphatic heterocycles. The summed E-state index contributed by atoms with van der Waals surface area (Å²) in [6.07, 6.45) is 4.29. The van der Waals surface area contributed by atoms with Crippen LogP contribution in [-0.2, 0) is 0 Å². The zero-order valence-corrected chi connectivity index (χ0v) is 48.1. The van der Waals surface area contributed by atoms with Gasteiger partial charge in [-0.3, -0.25) is 20.0 Å². The zero-order valence-electron chi connectivity index (χ0n) is 44.6. The van der Waals surface area contributed by atoms with E-state index in [2.05, 4.69) is 253 Å². The molecule has 0 radical (unpaired) electrons. The average molecular weight is 997 g/mol. The Hall–Kier alpha value is -3.52. The van der Waals surface area contributed by atoms with Crippen molar-refractivity contribution < 1.29 is 0 Å². The number of nitrogens with one attached hydrogen (secondary N) is 4. The first-order valence-corrected chi connectivity index (χ1v) is 31.1. The standard InChI is InChI=1S/2C28H44N4P2/c2*1-21(2)29-27(30-22(3)4)33(25-15-11-9-12-16-25)19-20-34(26-17-13-10-14-18-26)28(31-23(5)6)32-24(7)8/h2*9-18,21-24H,19-20H2,1-8H3,(H,29,30)(H,31,32). The van der Waals surface area contributed by atoms with Crippen molar-refractivity contribution in [3.05, 3.63) is 121 Å². The van der Waals surface area contributed by atoms with Crippen molar-refractivity contribution in [3.63, 3.8) is 0 Å². The maximum Gasteiger partial charge on any atom is 0.124 e. The van der Waals surface area contributed by atoms with Crippen LogP contribution >= 0.6 is 31.7 Å². The predicted molar refractivity (Wildman–Crippen MR) is 315 cm³/mol. The van der Waals surface area contributed by atoms with Crippen LogP contribution in [-0.4, -0.2) is 95.3 Å². The number of amidine groups is 4. The molecule has 0 aromatic heterocycles. The molecule has 4 N–H and O–H groups in total. The van der Waals surface area contributed by atoms with E-state index in [-0.39, 0.29) is 24.2 Å². The van der Waals surface area contributed by atoms with Gasteiger partial charge in [0, 0.05) is 48.3 Å². The Kier molecular flexibility index (Phi) is 27.4. The second kappa shape index (κ2) is 31.7. The van der Waals surface area contributed by atoms with E-state index in [0.29, 0.717) is 24.2 Å². The van der Waals surface area contributed by atoms with E-state index in [0.717, 1.165) is 47.0 Å². The smallest absolute Gasteiger partial charge is 0.124 e. The van der Waals surface area contributed by atoms with Crippen LogP contribution in [0.1, 0.15) is 111 Å². The molecule has 0 bridgehead atoms. The third-order valence-electron chi connectivity index (χ3n) is 9.58. The minimum Gasteiger partial charge on any atom is -0.368 e. The van der Waals surface area contributed by atoms with Crippen molar-refractivity contribution in [1.82, 2.24) is 21.3 Å². The van der Waals surface area contributed by atoms with Gasteiger partial charge in [0.25, 0.3) is 0 Å². The number of rotatable bonds is 22. The Bertz CT molecular complexity index is 1790. The summed E-state index contributed by atoms with van der Waals surface area (Å²) in [6.45, 7) is 34.9. The van der Waals surface area contributed by atoms with Gasteiger partial charge in [-0.25, -0.2) is 0 Å². The molecule has 4 aromatic carbocycles. The van der Waals surface area contributed by atoms with Crippen LogP contribution in [0.3, 0.4) is 0 Å². The fourth-order valence-electron chi connectivity index (χ4n) is 7.01. The first kappa shape index (κ1) is 58.8. The van der Waals surface area contributed by atoms with E-state index in [1.807, 2.05) is 0 Å². The van der Waals surface area contributed by atoms with Gasteiger partial charge >= 0.3 is 0 Å². The summed E-state index contributed by atoms with van der Waals surface area (Å²) in [6, 6.07) is 46.2. The lowest BCUT2D eigenvalue weighted by atomic mass is 10.4. The molecular weight excluding hydrogens is 909 g/mol. The van der Waals surface area contributed by atoms with E-state index in [1.54, 1.807) is 0 Å². The Morgan fingerprint density at radius 2 is 0.456 bits per heavy atom. The number of benzene rings is 4. The first-order chi connectivity index (χ1) is 32.3. The summed E-state index contributed by atoms with van der Waals surface area (Å²) < 4.78 is 0. The Morgan fingerprint density at radius 1 is 0.294 bits per heavy atom. The van der Waals surface area contributed by atoms with E-state index in [4.69, 9.17) is 20.0 Å². The van der Waals surface area contributed by atoms with Crippen LogP contribution in [0.25, 0.3) is 0 Å². The zero-order chi connectivity index (χ0) is 50.2. The van der Waals surface area contributed by atoms with Crippen LogP contribution in [0.4, 0.5) is 0 Å². The molecule has 0 fully saturated rings. The second-order valence-corrected chi connectivity index (χ2v) is 28.3. The number of hydrogen-bond donors (Lipinski definition) is 4. The lowest BCUT2D eigenvalue weighted by molar-refractivity contribution is 0.726. The minimum absolute atomic E-state index is 0.256. The largest absolute Gasteiger partial charge is 0.368 e. The van der Waals surface area contributed by atoms with E-state index >= 15 is 0 Å². The number of hydrogen-bond acceptors (Lipinski definition) is 4. The van der Waals surface area contributed by atoms with Crippen LogP contribution < -0.4 is 42.5 Å². The Balaban J connectivity index is 0.000000360. The predicted octanol–water partition coefficient (Wildman–Crippen LogP) is 12.3. The second-order valence-electron chi connectivity index (χ2n) is 19.3. The highest BCUT2D eigenvalue weighted by Crippen LogP contribution is 2.45. The molecule has 4 atom stereocenters. The molecule has 0 saturated carbocycles. The third kappa shape index (κ3) is 22.5. The molecule has 0 spiro atoms. The van der Waals surface area contributed by atoms with Gasteiger partial charge in [-0.1, -0.05) is 121 Å². The van der Waals surface area contributed by atoms with E-state index < -0.39 is 31.7 Å². The van der Waals surface area contributed by atoms with Crippen LogP contribution in [0.2, 0.25) is 0 Å². The van der Waals surface area contributed by atoms with Crippen molar-refractivity contribution >= 4 is 75.2 Å². The van der Waals surface area contributed by atoms with E-state index in [1.165, 1.54) is 21.2 Å². The minimum atomic E-state index is -0.600. The molecular formula is C56H88N8P4. The van der Waals surface area contributed by atoms with Crippen LogP contribution in [0.5, 0.6) is 0 Å². The summed E-state index contributed by atoms with van der Waals surface area (Å²) in [5.74, 6) is 0. The van der Waals surface area contributed by atoms with Gasteiger partial charge in [0.15, 0.2) is 0 Å². The maximum atomic E-state index is 5.08. The normalized spacial score (nSPS) is 14.7. The Labute approximate surface area is 419 Å². The lowest BCUT2D eigenvalue weighted by Gasteiger charge is -2.28. The summed E-state index contributed by atoms with van der Waals surface area (Å²) in [5.41, 5.74) is 4.64. The van der Waals surface area contributed by atoms with Crippen molar-refractivity contribution in [2.45, 2.75) is 159 Å². The van der Waals surface area contributed by atoms with Crippen molar-refractivity contribution in [2.24, 2.45) is 20.0 Å². The van der Waals surface area contributed by atoms with Gasteiger partial charge in [-0.2, -0.15) is 0 Å². The molecule has 0 aliphatic rings. The van der Waals surface area contributed by atoms with Crippen molar-refractivity contribution in [3.8, 4) is 0 Å². The Morgan fingerprint density at radius 3 is 0.588 bits per heavy atom. The van der Waals surface area contributed by atoms with Crippen LogP contribution in [0.15, 0.2) is 141 Å².